The van der Waals surface area contributed by atoms with Gasteiger partial charge in [0, 0.05) is 54.3 Å². The van der Waals surface area contributed by atoms with Gasteiger partial charge in [-0.05, 0) is 63.9 Å². The average molecular weight is 539 g/mol. The van der Waals surface area contributed by atoms with Crippen LogP contribution in [-0.2, 0) is 10.2 Å². The normalized spacial score (nSPS) is 19.2. The van der Waals surface area contributed by atoms with Crippen molar-refractivity contribution in [1.29, 1.82) is 0 Å². The summed E-state index contributed by atoms with van der Waals surface area (Å²) in [6, 6.07) is 11.4. The van der Waals surface area contributed by atoms with Gasteiger partial charge in [-0.2, -0.15) is 0 Å². The number of aromatic nitrogens is 3. The molecule has 1 N–H and O–H groups in total. The van der Waals surface area contributed by atoms with Crippen LogP contribution < -0.4 is 5.32 Å². The molecule has 1 unspecified atom stereocenters. The van der Waals surface area contributed by atoms with Crippen LogP contribution in [0.2, 0.25) is 0 Å². The number of hydrogen-bond donors (Lipinski definition) is 1. The molecular formula is C31H31FN6O2. The molecule has 1 amide bonds. The van der Waals surface area contributed by atoms with Crippen molar-refractivity contribution in [2.45, 2.75) is 50.6 Å². The standard InChI is InChI=1S/C31H31FN6O2/c1-18(2)37(3)24-15-31(9-12-40-13-10-31)22-5-7-26(36-29(22)24)35-23-6-4-20(21-16-34-30(39)28(21)23)25-17-33-27-14-19(32)8-11-38(25)27/h4-8,11,14,16-18,24H,9-10,12-13,15H2,1-3H3,(H,35,36). The van der Waals surface area contributed by atoms with Crippen molar-refractivity contribution in [3.63, 3.8) is 0 Å². The first kappa shape index (κ1) is 25.0. The Morgan fingerprint density at radius 3 is 2.80 bits per heavy atom. The van der Waals surface area contributed by atoms with E-state index < -0.39 is 0 Å². The van der Waals surface area contributed by atoms with Gasteiger partial charge in [0.1, 0.15) is 17.3 Å². The second kappa shape index (κ2) is 9.31. The molecule has 204 valence electrons. The van der Waals surface area contributed by atoms with Crippen LogP contribution >= 0.6 is 0 Å². The van der Waals surface area contributed by atoms with Crippen LogP contribution in [0.4, 0.5) is 15.9 Å². The fourth-order valence-corrected chi connectivity index (χ4v) is 6.55. The van der Waals surface area contributed by atoms with E-state index in [0.29, 0.717) is 34.3 Å². The summed E-state index contributed by atoms with van der Waals surface area (Å²) in [5.74, 6) is 0.0430. The molecule has 0 radical (unpaired) electrons. The predicted molar refractivity (Wildman–Crippen MR) is 152 cm³/mol. The smallest absolute Gasteiger partial charge is 0.279 e. The molecule has 1 spiro atoms. The Hall–Kier alpha value is -3.95. The molecule has 4 aromatic rings. The molecule has 1 aliphatic carbocycles. The van der Waals surface area contributed by atoms with E-state index in [1.54, 1.807) is 18.6 Å². The van der Waals surface area contributed by atoms with Gasteiger partial charge in [0.2, 0.25) is 0 Å². The largest absolute Gasteiger partial charge is 0.381 e. The van der Waals surface area contributed by atoms with E-state index in [9.17, 15) is 9.18 Å². The molecule has 8 nitrogen and oxygen atoms in total. The van der Waals surface area contributed by atoms with Crippen molar-refractivity contribution in [2.24, 2.45) is 4.99 Å². The Kier molecular flexibility index (Phi) is 5.83. The number of rotatable bonds is 5. The molecule has 1 fully saturated rings. The van der Waals surface area contributed by atoms with Crippen LogP contribution in [0, 0.1) is 5.82 Å². The van der Waals surface area contributed by atoms with Crippen molar-refractivity contribution < 1.29 is 13.9 Å². The van der Waals surface area contributed by atoms with Gasteiger partial charge in [-0.3, -0.25) is 14.1 Å². The molecule has 3 aliphatic rings. The summed E-state index contributed by atoms with van der Waals surface area (Å²) < 4.78 is 21.3. The number of halogens is 1. The van der Waals surface area contributed by atoms with E-state index in [4.69, 9.17) is 9.72 Å². The van der Waals surface area contributed by atoms with Crippen LogP contribution in [0.25, 0.3) is 16.9 Å². The van der Waals surface area contributed by atoms with Crippen LogP contribution in [-0.4, -0.2) is 57.7 Å². The maximum absolute atomic E-state index is 13.7. The van der Waals surface area contributed by atoms with Crippen LogP contribution in [0.15, 0.2) is 53.8 Å². The first-order chi connectivity index (χ1) is 19.3. The maximum Gasteiger partial charge on any atom is 0.279 e. The highest BCUT2D eigenvalue weighted by atomic mass is 19.1. The van der Waals surface area contributed by atoms with Crippen molar-refractivity contribution >= 4 is 29.3 Å². The van der Waals surface area contributed by atoms with Gasteiger partial charge in [0.25, 0.3) is 5.91 Å². The summed E-state index contributed by atoms with van der Waals surface area (Å²) in [7, 11) is 2.18. The molecule has 1 aromatic carbocycles. The Morgan fingerprint density at radius 2 is 2.00 bits per heavy atom. The lowest BCUT2D eigenvalue weighted by Gasteiger charge is -2.36. The van der Waals surface area contributed by atoms with E-state index in [0.717, 1.165) is 49.4 Å². The highest BCUT2D eigenvalue weighted by Crippen LogP contribution is 2.52. The summed E-state index contributed by atoms with van der Waals surface area (Å²) in [5.41, 5.74) is 6.44. The first-order valence-electron chi connectivity index (χ1n) is 13.8. The lowest BCUT2D eigenvalue weighted by atomic mass is 9.75. The van der Waals surface area contributed by atoms with Crippen molar-refractivity contribution in [3.05, 3.63) is 77.0 Å². The predicted octanol–water partition coefficient (Wildman–Crippen LogP) is 5.68. The summed E-state index contributed by atoms with van der Waals surface area (Å²) in [6.07, 6.45) is 7.98. The number of fused-ring (bicyclic) bond motifs is 4. The summed E-state index contributed by atoms with van der Waals surface area (Å²) in [5, 5.41) is 3.43. The molecule has 5 heterocycles. The van der Waals surface area contributed by atoms with E-state index in [1.807, 2.05) is 22.6 Å². The zero-order valence-corrected chi connectivity index (χ0v) is 22.8. The summed E-state index contributed by atoms with van der Waals surface area (Å²) >= 11 is 0. The Bertz CT molecular complexity index is 1690. The molecule has 2 aliphatic heterocycles. The third-order valence-electron chi connectivity index (χ3n) is 8.94. The van der Waals surface area contributed by atoms with Gasteiger partial charge >= 0.3 is 0 Å². The molecule has 1 atom stereocenters. The minimum Gasteiger partial charge on any atom is -0.381 e. The Morgan fingerprint density at radius 1 is 1.18 bits per heavy atom. The second-order valence-electron chi connectivity index (χ2n) is 11.4. The lowest BCUT2D eigenvalue weighted by Crippen LogP contribution is -2.34. The number of pyridine rings is 2. The van der Waals surface area contributed by atoms with E-state index in [-0.39, 0.29) is 23.2 Å². The third-order valence-corrected chi connectivity index (χ3v) is 8.94. The number of anilines is 2. The topological polar surface area (TPSA) is 84.1 Å². The van der Waals surface area contributed by atoms with Crippen molar-refractivity contribution in [2.75, 3.05) is 25.6 Å². The highest BCUT2D eigenvalue weighted by molar-refractivity contribution is 6.19. The number of carbonyl (C=O) groups is 1. The van der Waals surface area contributed by atoms with E-state index in [1.165, 1.54) is 17.7 Å². The lowest BCUT2D eigenvalue weighted by molar-refractivity contribution is 0.0411. The van der Waals surface area contributed by atoms with Crippen molar-refractivity contribution in [1.82, 2.24) is 19.3 Å². The van der Waals surface area contributed by atoms with Gasteiger partial charge in [-0.15, -0.1) is 0 Å². The second-order valence-corrected chi connectivity index (χ2v) is 11.4. The minimum absolute atomic E-state index is 0.0938. The molecule has 0 bridgehead atoms. The van der Waals surface area contributed by atoms with Crippen LogP contribution in [0.1, 0.15) is 66.3 Å². The van der Waals surface area contributed by atoms with Crippen LogP contribution in [0.3, 0.4) is 0 Å². The number of ether oxygens (including phenoxy) is 1. The average Bonchev–Trinajstić information content (AvgIpc) is 3.63. The zero-order valence-electron chi connectivity index (χ0n) is 22.8. The van der Waals surface area contributed by atoms with Gasteiger partial charge in [0.15, 0.2) is 0 Å². The molecule has 7 rings (SSSR count). The highest BCUT2D eigenvalue weighted by Gasteiger charge is 2.47. The van der Waals surface area contributed by atoms with Gasteiger partial charge in [-0.1, -0.05) is 12.1 Å². The number of nitrogens with one attached hydrogen (secondary N) is 1. The maximum atomic E-state index is 13.7. The number of imidazole rings is 1. The number of nitrogens with zero attached hydrogens (tertiary/aromatic N) is 5. The SMILES string of the molecule is CC(C)N(C)C1CC2(CCOCC2)c2ccc(Nc3ccc(-c4cnc5cc(F)ccn45)c4c3C(=O)N=C4)nc21. The fourth-order valence-electron chi connectivity index (χ4n) is 6.55. The number of amides is 1. The fraction of sp³-hybridized carbons (Fsp3) is 0.355. The molecule has 1 saturated heterocycles. The van der Waals surface area contributed by atoms with Gasteiger partial charge < -0.3 is 10.1 Å². The molecule has 0 saturated carbocycles. The number of carbonyl (C=O) groups excluding carboxylic acids is 1. The molecule has 9 heteroatoms. The first-order valence-corrected chi connectivity index (χ1v) is 13.8. The van der Waals surface area contributed by atoms with E-state index in [2.05, 4.69) is 47.2 Å². The van der Waals surface area contributed by atoms with Gasteiger partial charge in [-0.25, -0.2) is 19.4 Å². The zero-order chi connectivity index (χ0) is 27.6. The quantitative estimate of drug-likeness (QED) is 0.352. The molecule has 40 heavy (non-hydrogen) atoms. The number of aliphatic imine (C=N–C) groups is 1. The van der Waals surface area contributed by atoms with Crippen molar-refractivity contribution in [3.8, 4) is 11.3 Å². The van der Waals surface area contributed by atoms with Crippen LogP contribution in [0.5, 0.6) is 0 Å². The molecular weight excluding hydrogens is 507 g/mol. The summed E-state index contributed by atoms with van der Waals surface area (Å²) in [4.78, 5) is 29.0. The Balaban J connectivity index is 1.27. The Labute approximate surface area is 231 Å². The third kappa shape index (κ3) is 3.87. The monoisotopic (exact) mass is 538 g/mol. The number of hydrogen-bond acceptors (Lipinski definition) is 6. The summed E-state index contributed by atoms with van der Waals surface area (Å²) in [6.45, 7) is 5.99. The minimum atomic E-state index is -0.349. The van der Waals surface area contributed by atoms with E-state index >= 15 is 0 Å². The van der Waals surface area contributed by atoms with Gasteiger partial charge in [0.05, 0.1) is 34.9 Å². The number of benzene rings is 1. The molecule has 3 aromatic heterocycles.